The van der Waals surface area contributed by atoms with Gasteiger partial charge in [-0.2, -0.15) is 0 Å². The predicted octanol–water partition coefficient (Wildman–Crippen LogP) is 2.66. The van der Waals surface area contributed by atoms with Gasteiger partial charge in [0.15, 0.2) is 17.1 Å². The first-order valence-electron chi connectivity index (χ1n) is 9.93. The van der Waals surface area contributed by atoms with E-state index >= 15 is 0 Å². The summed E-state index contributed by atoms with van der Waals surface area (Å²) in [6.45, 7) is 3.87. The van der Waals surface area contributed by atoms with Crippen molar-refractivity contribution in [1.82, 2.24) is 19.5 Å². The third kappa shape index (κ3) is 3.40. The van der Waals surface area contributed by atoms with Gasteiger partial charge in [-0.15, -0.1) is 10.2 Å². The quantitative estimate of drug-likeness (QED) is 0.734. The molecular weight excluding hydrogens is 370 g/mol. The SMILES string of the molecule is CC(C(=O)Nc1ccc2c(c1)OCO2)N1CCC(c2nnc3ccccn23)CC1. The Balaban J connectivity index is 1.20. The topological polar surface area (TPSA) is 81.0 Å². The Morgan fingerprint density at radius 2 is 1.97 bits per heavy atom. The van der Waals surface area contributed by atoms with Gasteiger partial charge < -0.3 is 14.8 Å². The first-order chi connectivity index (χ1) is 14.2. The van der Waals surface area contributed by atoms with Crippen molar-refractivity contribution >= 4 is 17.2 Å². The van der Waals surface area contributed by atoms with Crippen molar-refractivity contribution in [2.24, 2.45) is 0 Å². The van der Waals surface area contributed by atoms with E-state index in [1.807, 2.05) is 43.5 Å². The normalized spacial score (nSPS) is 18.1. The number of carbonyl (C=O) groups is 1. The fraction of sp³-hybridized carbons (Fsp3) is 0.381. The van der Waals surface area contributed by atoms with Crippen LogP contribution in [-0.2, 0) is 4.79 Å². The van der Waals surface area contributed by atoms with Crippen molar-refractivity contribution in [3.05, 3.63) is 48.4 Å². The second kappa shape index (κ2) is 7.36. The molecule has 1 fully saturated rings. The van der Waals surface area contributed by atoms with Crippen molar-refractivity contribution in [3.63, 3.8) is 0 Å². The molecule has 0 bridgehead atoms. The van der Waals surface area contributed by atoms with Gasteiger partial charge in [-0.1, -0.05) is 6.07 Å². The molecule has 0 spiro atoms. The summed E-state index contributed by atoms with van der Waals surface area (Å²) in [5.74, 6) is 2.72. The highest BCUT2D eigenvalue weighted by Crippen LogP contribution is 2.34. The van der Waals surface area contributed by atoms with E-state index in [1.165, 1.54) is 0 Å². The number of fused-ring (bicyclic) bond motifs is 2. The fourth-order valence-electron chi connectivity index (χ4n) is 4.07. The van der Waals surface area contributed by atoms with Gasteiger partial charge in [0.2, 0.25) is 12.7 Å². The zero-order valence-corrected chi connectivity index (χ0v) is 16.2. The molecule has 1 amide bonds. The van der Waals surface area contributed by atoms with Crippen LogP contribution in [0.25, 0.3) is 5.65 Å². The van der Waals surface area contributed by atoms with E-state index in [0.717, 1.165) is 43.1 Å². The maximum absolute atomic E-state index is 12.7. The number of piperidine rings is 1. The maximum Gasteiger partial charge on any atom is 0.241 e. The number of benzene rings is 1. The van der Waals surface area contributed by atoms with Gasteiger partial charge >= 0.3 is 0 Å². The van der Waals surface area contributed by atoms with Crippen molar-refractivity contribution in [3.8, 4) is 11.5 Å². The number of hydrogen-bond donors (Lipinski definition) is 1. The van der Waals surface area contributed by atoms with E-state index < -0.39 is 0 Å². The third-order valence-corrected chi connectivity index (χ3v) is 5.80. The van der Waals surface area contributed by atoms with E-state index in [1.54, 1.807) is 6.07 Å². The highest BCUT2D eigenvalue weighted by molar-refractivity contribution is 5.94. The highest BCUT2D eigenvalue weighted by atomic mass is 16.7. The van der Waals surface area contributed by atoms with Crippen LogP contribution < -0.4 is 14.8 Å². The summed E-state index contributed by atoms with van der Waals surface area (Å²) in [4.78, 5) is 15.0. The molecule has 1 saturated heterocycles. The Morgan fingerprint density at radius 3 is 2.83 bits per heavy atom. The number of rotatable bonds is 4. The van der Waals surface area contributed by atoms with Gasteiger partial charge in [-0.05, 0) is 57.1 Å². The molecule has 8 nitrogen and oxygen atoms in total. The first kappa shape index (κ1) is 17.9. The molecule has 2 aliphatic heterocycles. The zero-order valence-electron chi connectivity index (χ0n) is 16.2. The average Bonchev–Trinajstić information content (AvgIpc) is 3.40. The van der Waals surface area contributed by atoms with Crippen molar-refractivity contribution in [1.29, 1.82) is 0 Å². The van der Waals surface area contributed by atoms with Crippen LogP contribution in [-0.4, -0.2) is 51.3 Å². The highest BCUT2D eigenvalue weighted by Gasteiger charge is 2.29. The second-order valence-corrected chi connectivity index (χ2v) is 7.53. The van der Waals surface area contributed by atoms with Gasteiger partial charge in [0, 0.05) is 23.9 Å². The third-order valence-electron chi connectivity index (χ3n) is 5.80. The lowest BCUT2D eigenvalue weighted by Crippen LogP contribution is -2.45. The molecule has 2 aliphatic rings. The lowest BCUT2D eigenvalue weighted by atomic mass is 9.95. The molecule has 1 unspecified atom stereocenters. The number of nitrogens with one attached hydrogen (secondary N) is 1. The Labute approximate surface area is 168 Å². The number of aromatic nitrogens is 3. The van der Waals surface area contributed by atoms with Crippen LogP contribution in [0.1, 0.15) is 31.5 Å². The fourth-order valence-corrected chi connectivity index (χ4v) is 4.07. The van der Waals surface area contributed by atoms with Gasteiger partial charge in [-0.25, -0.2) is 0 Å². The molecule has 1 aromatic carbocycles. The molecule has 4 heterocycles. The number of pyridine rings is 1. The summed E-state index contributed by atoms with van der Waals surface area (Å²) < 4.78 is 12.8. The lowest BCUT2D eigenvalue weighted by molar-refractivity contribution is -0.121. The molecule has 2 aromatic heterocycles. The van der Waals surface area contributed by atoms with Crippen molar-refractivity contribution in [2.45, 2.75) is 31.7 Å². The number of likely N-dealkylation sites (tertiary alicyclic amines) is 1. The van der Waals surface area contributed by atoms with Crippen LogP contribution in [0.2, 0.25) is 0 Å². The molecular formula is C21H23N5O3. The van der Waals surface area contributed by atoms with E-state index in [-0.39, 0.29) is 18.7 Å². The standard InChI is InChI=1S/C21H23N5O3/c1-14(21(27)22-16-5-6-17-18(12-16)29-13-28-17)25-10-7-15(8-11-25)20-24-23-19-4-2-3-9-26(19)20/h2-6,9,12,14-15H,7-8,10-11,13H2,1H3,(H,22,27). The van der Waals surface area contributed by atoms with Gasteiger partial charge in [0.1, 0.15) is 5.82 Å². The van der Waals surface area contributed by atoms with Crippen LogP contribution in [0.5, 0.6) is 11.5 Å². The van der Waals surface area contributed by atoms with Gasteiger partial charge in [0.05, 0.1) is 6.04 Å². The molecule has 1 atom stereocenters. The number of hydrogen-bond acceptors (Lipinski definition) is 6. The minimum absolute atomic E-state index is 0.0183. The summed E-state index contributed by atoms with van der Waals surface area (Å²) in [7, 11) is 0. The minimum Gasteiger partial charge on any atom is -0.454 e. The largest absolute Gasteiger partial charge is 0.454 e. The predicted molar refractivity (Wildman–Crippen MR) is 107 cm³/mol. The number of anilines is 1. The zero-order chi connectivity index (χ0) is 19.8. The molecule has 29 heavy (non-hydrogen) atoms. The monoisotopic (exact) mass is 393 g/mol. The second-order valence-electron chi connectivity index (χ2n) is 7.53. The number of amides is 1. The van der Waals surface area contributed by atoms with Gasteiger partial charge in [-0.3, -0.25) is 14.1 Å². The molecule has 0 radical (unpaired) electrons. The smallest absolute Gasteiger partial charge is 0.241 e. The summed E-state index contributed by atoms with van der Waals surface area (Å²) >= 11 is 0. The van der Waals surface area contributed by atoms with Crippen LogP contribution in [0.4, 0.5) is 5.69 Å². The molecule has 1 N–H and O–H groups in total. The minimum atomic E-state index is -0.212. The molecule has 8 heteroatoms. The number of nitrogens with zero attached hydrogens (tertiary/aromatic N) is 4. The molecule has 0 aliphatic carbocycles. The van der Waals surface area contributed by atoms with E-state index in [9.17, 15) is 4.79 Å². The summed E-state index contributed by atoms with van der Waals surface area (Å²) in [6, 6.07) is 11.2. The van der Waals surface area contributed by atoms with Crippen LogP contribution in [0.15, 0.2) is 42.6 Å². The number of ether oxygens (including phenoxy) is 2. The van der Waals surface area contributed by atoms with E-state index in [0.29, 0.717) is 17.4 Å². The molecule has 5 rings (SSSR count). The van der Waals surface area contributed by atoms with Gasteiger partial charge in [0.25, 0.3) is 0 Å². The summed E-state index contributed by atoms with van der Waals surface area (Å²) in [5.41, 5.74) is 1.59. The van der Waals surface area contributed by atoms with Crippen LogP contribution in [0, 0.1) is 0 Å². The Morgan fingerprint density at radius 1 is 1.14 bits per heavy atom. The molecule has 0 saturated carbocycles. The Hall–Kier alpha value is -3.13. The van der Waals surface area contributed by atoms with E-state index in [4.69, 9.17) is 9.47 Å². The van der Waals surface area contributed by atoms with Crippen LogP contribution >= 0.6 is 0 Å². The average molecular weight is 393 g/mol. The summed E-state index contributed by atoms with van der Waals surface area (Å²) in [6.07, 6.45) is 3.92. The number of carbonyl (C=O) groups excluding carboxylic acids is 1. The molecule has 150 valence electrons. The summed E-state index contributed by atoms with van der Waals surface area (Å²) in [5, 5.41) is 11.7. The maximum atomic E-state index is 12.7. The van der Waals surface area contributed by atoms with Crippen LogP contribution in [0.3, 0.4) is 0 Å². The molecule has 3 aromatic rings. The van der Waals surface area contributed by atoms with Crippen molar-refractivity contribution in [2.75, 3.05) is 25.2 Å². The first-order valence-corrected chi connectivity index (χ1v) is 9.93. The lowest BCUT2D eigenvalue weighted by Gasteiger charge is -2.34. The van der Waals surface area contributed by atoms with E-state index in [2.05, 4.69) is 24.8 Å². The Bertz CT molecular complexity index is 1040. The Kier molecular flexibility index (Phi) is 4.55. The van der Waals surface area contributed by atoms with Crippen molar-refractivity contribution < 1.29 is 14.3 Å².